The van der Waals surface area contributed by atoms with Gasteiger partial charge in [-0.2, -0.15) is 10.4 Å². The van der Waals surface area contributed by atoms with Crippen LogP contribution in [-0.4, -0.2) is 19.7 Å². The normalized spacial score (nSPS) is 14.8. The number of thiazole rings is 1. The van der Waals surface area contributed by atoms with Crippen molar-refractivity contribution in [2.45, 2.75) is 33.3 Å². The standard InChI is InChI=1S/C24H22N6OS/c1-12-5-6-16-17(7-12)13(2)31-20-8-15(11-27-24(20)26)22-18(10-25)29-30(4)19(22)9-21-23(16)28-14(3)32-21/h5-8,11,13H,9H2,1-4H3,(H2,26,27). The number of benzene rings is 1. The topological polar surface area (TPSA) is 103 Å². The molecule has 1 aromatic carbocycles. The third-order valence-electron chi connectivity index (χ3n) is 5.78. The Labute approximate surface area is 190 Å². The highest BCUT2D eigenvalue weighted by Gasteiger charge is 2.26. The van der Waals surface area contributed by atoms with Crippen LogP contribution in [0.4, 0.5) is 5.82 Å². The molecule has 0 saturated heterocycles. The van der Waals surface area contributed by atoms with Crippen molar-refractivity contribution in [1.82, 2.24) is 19.7 Å². The number of nitrogens with zero attached hydrogens (tertiary/aromatic N) is 5. The first-order chi connectivity index (χ1) is 15.4. The number of rotatable bonds is 0. The molecule has 1 atom stereocenters. The zero-order valence-electron chi connectivity index (χ0n) is 18.3. The molecule has 8 heteroatoms. The lowest BCUT2D eigenvalue weighted by Crippen LogP contribution is -2.09. The molecule has 160 valence electrons. The number of pyridine rings is 1. The number of ether oxygens (including phenoxy) is 1. The van der Waals surface area contributed by atoms with Crippen molar-refractivity contribution in [3.05, 3.63) is 62.9 Å². The molecule has 2 N–H and O–H groups in total. The lowest BCUT2D eigenvalue weighted by Gasteiger charge is -2.21. The van der Waals surface area contributed by atoms with Gasteiger partial charge in [0.25, 0.3) is 0 Å². The van der Waals surface area contributed by atoms with Gasteiger partial charge in [-0.3, -0.25) is 4.68 Å². The summed E-state index contributed by atoms with van der Waals surface area (Å²) in [5.41, 5.74) is 13.1. The molecule has 0 aliphatic carbocycles. The lowest BCUT2D eigenvalue weighted by atomic mass is 9.95. The molecule has 0 spiro atoms. The van der Waals surface area contributed by atoms with Gasteiger partial charge in [0.05, 0.1) is 16.4 Å². The Balaban J connectivity index is 1.85. The van der Waals surface area contributed by atoms with Crippen LogP contribution in [0.15, 0.2) is 30.5 Å². The Morgan fingerprint density at radius 2 is 2.09 bits per heavy atom. The number of aromatic nitrogens is 4. The van der Waals surface area contributed by atoms with Crippen LogP contribution in [-0.2, 0) is 13.5 Å². The summed E-state index contributed by atoms with van der Waals surface area (Å²) in [6.45, 7) is 6.09. The summed E-state index contributed by atoms with van der Waals surface area (Å²) in [5, 5.41) is 15.2. The minimum atomic E-state index is -0.276. The third-order valence-corrected chi connectivity index (χ3v) is 6.75. The zero-order valence-corrected chi connectivity index (χ0v) is 19.1. The Morgan fingerprint density at radius 3 is 2.88 bits per heavy atom. The second kappa shape index (κ2) is 7.46. The zero-order chi connectivity index (χ0) is 22.6. The van der Waals surface area contributed by atoms with Gasteiger partial charge in [0, 0.05) is 46.8 Å². The molecule has 2 bridgehead atoms. The van der Waals surface area contributed by atoms with E-state index in [1.807, 2.05) is 27.0 Å². The van der Waals surface area contributed by atoms with Gasteiger partial charge in [0.1, 0.15) is 12.2 Å². The minimum Gasteiger partial charge on any atom is -0.482 e. The Kier molecular flexibility index (Phi) is 4.72. The van der Waals surface area contributed by atoms with Crippen LogP contribution in [0.25, 0.3) is 22.4 Å². The van der Waals surface area contributed by atoms with Crippen molar-refractivity contribution in [2.24, 2.45) is 7.05 Å². The van der Waals surface area contributed by atoms with Crippen LogP contribution in [0, 0.1) is 25.2 Å². The molecule has 3 aromatic heterocycles. The molecule has 4 heterocycles. The first-order valence-electron chi connectivity index (χ1n) is 10.3. The van der Waals surface area contributed by atoms with Crippen LogP contribution >= 0.6 is 11.3 Å². The number of nitriles is 1. The summed E-state index contributed by atoms with van der Waals surface area (Å²) in [4.78, 5) is 10.4. The predicted octanol–water partition coefficient (Wildman–Crippen LogP) is 4.72. The van der Waals surface area contributed by atoms with Crippen LogP contribution in [0.5, 0.6) is 5.75 Å². The Bertz CT molecular complexity index is 1410. The van der Waals surface area contributed by atoms with Crippen molar-refractivity contribution in [3.8, 4) is 34.2 Å². The minimum absolute atomic E-state index is 0.276. The van der Waals surface area contributed by atoms with Crippen LogP contribution in [0.1, 0.15) is 45.4 Å². The van der Waals surface area contributed by atoms with E-state index in [0.717, 1.165) is 49.1 Å². The summed E-state index contributed by atoms with van der Waals surface area (Å²) in [6.07, 6.45) is 2.00. The summed E-state index contributed by atoms with van der Waals surface area (Å²) in [7, 11) is 1.86. The summed E-state index contributed by atoms with van der Waals surface area (Å²) < 4.78 is 8.11. The maximum Gasteiger partial charge on any atom is 0.170 e. The van der Waals surface area contributed by atoms with Gasteiger partial charge in [-0.25, -0.2) is 9.97 Å². The number of anilines is 1. The van der Waals surface area contributed by atoms with E-state index < -0.39 is 0 Å². The van der Waals surface area contributed by atoms with Crippen molar-refractivity contribution in [1.29, 1.82) is 5.26 Å². The molecule has 1 unspecified atom stereocenters. The average Bonchev–Trinajstić information content (AvgIpc) is 3.28. The molecule has 0 fully saturated rings. The van der Waals surface area contributed by atoms with E-state index in [4.69, 9.17) is 15.5 Å². The van der Waals surface area contributed by atoms with E-state index in [2.05, 4.69) is 41.3 Å². The highest BCUT2D eigenvalue weighted by molar-refractivity contribution is 7.12. The molecular formula is C24H22N6OS. The number of nitrogen functional groups attached to an aromatic ring is 1. The molecule has 4 aromatic rings. The van der Waals surface area contributed by atoms with Crippen molar-refractivity contribution < 1.29 is 4.74 Å². The van der Waals surface area contributed by atoms with Crippen LogP contribution in [0.3, 0.4) is 0 Å². The first kappa shape index (κ1) is 20.2. The molecule has 1 aliphatic heterocycles. The van der Waals surface area contributed by atoms with E-state index in [0.29, 0.717) is 23.7 Å². The number of aryl methyl sites for hydroxylation is 3. The summed E-state index contributed by atoms with van der Waals surface area (Å²) in [6, 6.07) is 10.4. The van der Waals surface area contributed by atoms with Gasteiger partial charge in [0.2, 0.25) is 0 Å². The largest absolute Gasteiger partial charge is 0.482 e. The maximum atomic E-state index is 9.77. The molecule has 0 amide bonds. The van der Waals surface area contributed by atoms with Crippen LogP contribution in [0.2, 0.25) is 0 Å². The van der Waals surface area contributed by atoms with Gasteiger partial charge >= 0.3 is 0 Å². The second-order valence-corrected chi connectivity index (χ2v) is 9.33. The summed E-state index contributed by atoms with van der Waals surface area (Å²) in [5.74, 6) is 0.789. The monoisotopic (exact) mass is 442 g/mol. The maximum absolute atomic E-state index is 9.77. The highest BCUT2D eigenvalue weighted by atomic mass is 32.1. The van der Waals surface area contributed by atoms with E-state index >= 15 is 0 Å². The Morgan fingerprint density at radius 1 is 1.28 bits per heavy atom. The molecule has 7 nitrogen and oxygen atoms in total. The van der Waals surface area contributed by atoms with Gasteiger partial charge < -0.3 is 10.5 Å². The fourth-order valence-electron chi connectivity index (χ4n) is 4.27. The SMILES string of the molecule is Cc1ccc2c(c1)C(C)Oc1cc(cnc1N)-c1c(C#N)nn(C)c1Cc1sc(C)nc1-2. The van der Waals surface area contributed by atoms with E-state index in [-0.39, 0.29) is 6.10 Å². The molecule has 5 rings (SSSR count). The number of fused-ring (bicyclic) bond motifs is 7. The molecule has 1 aliphatic rings. The van der Waals surface area contributed by atoms with E-state index in [1.54, 1.807) is 22.2 Å². The van der Waals surface area contributed by atoms with Crippen molar-refractivity contribution in [3.63, 3.8) is 0 Å². The Hall–Kier alpha value is -3.70. The molecule has 0 radical (unpaired) electrons. The fraction of sp³-hybridized carbons (Fsp3) is 0.250. The molecule has 0 saturated carbocycles. The lowest BCUT2D eigenvalue weighted by molar-refractivity contribution is 0.228. The second-order valence-electron chi connectivity index (χ2n) is 8.05. The average molecular weight is 443 g/mol. The van der Waals surface area contributed by atoms with Gasteiger partial charge in [-0.1, -0.05) is 23.8 Å². The number of hydrogen-bond acceptors (Lipinski definition) is 7. The number of nitrogens with two attached hydrogens (primary N) is 1. The first-order valence-corrected chi connectivity index (χ1v) is 11.1. The number of hydrogen-bond donors (Lipinski definition) is 1. The molecule has 32 heavy (non-hydrogen) atoms. The smallest absolute Gasteiger partial charge is 0.170 e. The van der Waals surface area contributed by atoms with Crippen molar-refractivity contribution in [2.75, 3.05) is 5.73 Å². The summed E-state index contributed by atoms with van der Waals surface area (Å²) >= 11 is 1.66. The van der Waals surface area contributed by atoms with Gasteiger partial charge in [-0.15, -0.1) is 11.3 Å². The quantitative estimate of drug-likeness (QED) is 0.423. The fourth-order valence-corrected chi connectivity index (χ4v) is 5.22. The van der Waals surface area contributed by atoms with Gasteiger partial charge in [-0.05, 0) is 26.8 Å². The highest BCUT2D eigenvalue weighted by Crippen LogP contribution is 2.40. The van der Waals surface area contributed by atoms with Crippen molar-refractivity contribution >= 4 is 17.2 Å². The van der Waals surface area contributed by atoms with E-state index in [1.165, 1.54) is 0 Å². The third kappa shape index (κ3) is 3.22. The predicted molar refractivity (Wildman–Crippen MR) is 124 cm³/mol. The molecular weight excluding hydrogens is 420 g/mol. The van der Waals surface area contributed by atoms with E-state index in [9.17, 15) is 5.26 Å². The van der Waals surface area contributed by atoms with Gasteiger partial charge in [0.15, 0.2) is 17.3 Å². The van der Waals surface area contributed by atoms with Crippen LogP contribution < -0.4 is 10.5 Å².